The van der Waals surface area contributed by atoms with Crippen LogP contribution >= 0.6 is 47.1 Å². The fourth-order valence-corrected chi connectivity index (χ4v) is 4.67. The van der Waals surface area contributed by atoms with Crippen LogP contribution in [0.1, 0.15) is 26.7 Å². The molecule has 1 saturated heterocycles. The Kier molecular flexibility index (Phi) is 11.3. The van der Waals surface area contributed by atoms with Crippen molar-refractivity contribution in [3.05, 3.63) is 11.6 Å². The van der Waals surface area contributed by atoms with Crippen LogP contribution in [0, 0.1) is 0 Å². The molecule has 0 spiro atoms. The molecule has 1 aliphatic heterocycles. The molecule has 1 fully saturated rings. The van der Waals surface area contributed by atoms with Gasteiger partial charge in [-0.2, -0.15) is 0 Å². The van der Waals surface area contributed by atoms with E-state index in [-0.39, 0.29) is 24.0 Å². The maximum absolute atomic E-state index is 4.46. The van der Waals surface area contributed by atoms with E-state index in [1.54, 1.807) is 11.3 Å². The van der Waals surface area contributed by atoms with Gasteiger partial charge in [0.05, 0.1) is 0 Å². The molecule has 24 heavy (non-hydrogen) atoms. The zero-order chi connectivity index (χ0) is 16.5. The van der Waals surface area contributed by atoms with E-state index < -0.39 is 0 Å². The van der Waals surface area contributed by atoms with Gasteiger partial charge in [0.15, 0.2) is 5.96 Å². The van der Waals surface area contributed by atoms with Gasteiger partial charge >= 0.3 is 0 Å². The summed E-state index contributed by atoms with van der Waals surface area (Å²) in [5.41, 5.74) is 0. The standard InChI is InChI=1S/C16H29N5S2.HI/c1-4-20(5-2)14-7-10-21(13-14)15(17-3)18-8-6-11-22-16-19-9-12-23-16;/h9,12,14H,4-8,10-11,13H2,1-3H3,(H,17,18);1H. The summed E-state index contributed by atoms with van der Waals surface area (Å²) in [5, 5.41) is 5.54. The van der Waals surface area contributed by atoms with E-state index in [2.05, 4.69) is 38.9 Å². The molecule has 1 aliphatic rings. The first-order chi connectivity index (χ1) is 11.3. The lowest BCUT2D eigenvalue weighted by Crippen LogP contribution is -2.43. The molecular weight excluding hydrogens is 453 g/mol. The van der Waals surface area contributed by atoms with Gasteiger partial charge in [-0.25, -0.2) is 4.98 Å². The van der Waals surface area contributed by atoms with Gasteiger partial charge in [0.25, 0.3) is 0 Å². The first-order valence-corrected chi connectivity index (χ1v) is 10.4. The summed E-state index contributed by atoms with van der Waals surface area (Å²) in [5.74, 6) is 2.15. The van der Waals surface area contributed by atoms with E-state index in [1.165, 1.54) is 6.42 Å². The molecule has 138 valence electrons. The molecule has 0 saturated carbocycles. The first-order valence-electron chi connectivity index (χ1n) is 8.50. The second kappa shape index (κ2) is 12.3. The smallest absolute Gasteiger partial charge is 0.193 e. The van der Waals surface area contributed by atoms with E-state index in [4.69, 9.17) is 0 Å². The molecule has 2 heterocycles. The van der Waals surface area contributed by atoms with Gasteiger partial charge in [-0.3, -0.25) is 9.89 Å². The number of likely N-dealkylation sites (N-methyl/N-ethyl adjacent to an activating group) is 1. The third-order valence-electron chi connectivity index (χ3n) is 4.24. The van der Waals surface area contributed by atoms with Crippen molar-refractivity contribution in [3.63, 3.8) is 0 Å². The molecule has 0 radical (unpaired) electrons. The number of rotatable bonds is 8. The second-order valence-electron chi connectivity index (χ2n) is 5.58. The van der Waals surface area contributed by atoms with Crippen molar-refractivity contribution in [2.45, 2.75) is 37.1 Å². The van der Waals surface area contributed by atoms with Crippen LogP contribution in [0.25, 0.3) is 0 Å². The van der Waals surface area contributed by atoms with Crippen LogP contribution in [0.5, 0.6) is 0 Å². The lowest BCUT2D eigenvalue weighted by atomic mass is 10.2. The predicted octanol–water partition coefficient (Wildman–Crippen LogP) is 3.23. The predicted molar refractivity (Wildman–Crippen MR) is 117 cm³/mol. The van der Waals surface area contributed by atoms with Gasteiger partial charge in [-0.1, -0.05) is 25.6 Å². The maximum Gasteiger partial charge on any atom is 0.193 e. The topological polar surface area (TPSA) is 43.8 Å². The Bertz CT molecular complexity index is 465. The third-order valence-corrected chi connectivity index (χ3v) is 6.30. The minimum Gasteiger partial charge on any atom is -0.356 e. The normalized spacial score (nSPS) is 18.1. The van der Waals surface area contributed by atoms with Crippen LogP contribution in [0.3, 0.4) is 0 Å². The monoisotopic (exact) mass is 483 g/mol. The minimum absolute atomic E-state index is 0. The van der Waals surface area contributed by atoms with Crippen LogP contribution in [0.2, 0.25) is 0 Å². The molecule has 0 bridgehead atoms. The molecule has 0 aromatic carbocycles. The van der Waals surface area contributed by atoms with E-state index in [1.807, 2.05) is 30.4 Å². The highest BCUT2D eigenvalue weighted by Crippen LogP contribution is 2.20. The van der Waals surface area contributed by atoms with E-state index in [9.17, 15) is 0 Å². The average molecular weight is 483 g/mol. The fraction of sp³-hybridized carbons (Fsp3) is 0.750. The van der Waals surface area contributed by atoms with Crippen molar-refractivity contribution in [2.24, 2.45) is 4.99 Å². The fourth-order valence-electron chi connectivity index (χ4n) is 3.02. The number of hydrogen-bond donors (Lipinski definition) is 1. The van der Waals surface area contributed by atoms with Gasteiger partial charge in [0.2, 0.25) is 0 Å². The molecule has 1 aromatic heterocycles. The number of aliphatic imine (C=N–C) groups is 1. The Hall–Kier alpha value is -0.0600. The molecule has 1 atom stereocenters. The van der Waals surface area contributed by atoms with Crippen LogP contribution in [0.4, 0.5) is 0 Å². The molecule has 0 amide bonds. The highest BCUT2D eigenvalue weighted by molar-refractivity contribution is 14.0. The highest BCUT2D eigenvalue weighted by atomic mass is 127. The Balaban J connectivity index is 0.00000288. The van der Waals surface area contributed by atoms with Crippen LogP contribution < -0.4 is 5.32 Å². The van der Waals surface area contributed by atoms with Gasteiger partial charge < -0.3 is 10.2 Å². The summed E-state index contributed by atoms with van der Waals surface area (Å²) in [6.07, 6.45) is 4.23. The van der Waals surface area contributed by atoms with Gasteiger partial charge in [0, 0.05) is 50.1 Å². The maximum atomic E-state index is 4.46. The van der Waals surface area contributed by atoms with Crippen LogP contribution in [-0.4, -0.2) is 72.3 Å². The SMILES string of the molecule is CCN(CC)C1CCN(C(=NC)NCCCSc2nccs2)C1.I. The number of guanidine groups is 1. The first kappa shape index (κ1) is 22.0. The minimum atomic E-state index is 0. The number of halogens is 1. The number of hydrogen-bond acceptors (Lipinski definition) is 5. The molecule has 1 N–H and O–H groups in total. The summed E-state index contributed by atoms with van der Waals surface area (Å²) >= 11 is 3.55. The van der Waals surface area contributed by atoms with E-state index in [0.717, 1.165) is 55.2 Å². The summed E-state index contributed by atoms with van der Waals surface area (Å²) in [6.45, 7) is 9.93. The Morgan fingerprint density at radius 2 is 2.29 bits per heavy atom. The molecule has 2 rings (SSSR count). The van der Waals surface area contributed by atoms with Crippen molar-refractivity contribution in [3.8, 4) is 0 Å². The molecule has 1 unspecified atom stereocenters. The molecule has 1 aromatic rings. The number of nitrogens with one attached hydrogen (secondary N) is 1. The number of likely N-dealkylation sites (tertiary alicyclic amines) is 1. The van der Waals surface area contributed by atoms with Crippen molar-refractivity contribution >= 4 is 53.0 Å². The third kappa shape index (κ3) is 6.68. The quantitative estimate of drug-likeness (QED) is 0.202. The summed E-state index contributed by atoms with van der Waals surface area (Å²) < 4.78 is 1.16. The van der Waals surface area contributed by atoms with E-state index in [0.29, 0.717) is 6.04 Å². The summed E-state index contributed by atoms with van der Waals surface area (Å²) in [4.78, 5) is 13.7. The zero-order valence-corrected chi connectivity index (χ0v) is 18.9. The van der Waals surface area contributed by atoms with Gasteiger partial charge in [0.1, 0.15) is 4.34 Å². The van der Waals surface area contributed by atoms with Crippen molar-refractivity contribution in [2.75, 3.05) is 45.5 Å². The second-order valence-corrected chi connectivity index (χ2v) is 7.82. The van der Waals surface area contributed by atoms with Crippen molar-refractivity contribution < 1.29 is 0 Å². The number of thiazole rings is 1. The summed E-state index contributed by atoms with van der Waals surface area (Å²) in [6, 6.07) is 0.670. The van der Waals surface area contributed by atoms with Crippen molar-refractivity contribution in [1.82, 2.24) is 20.1 Å². The molecule has 5 nitrogen and oxygen atoms in total. The summed E-state index contributed by atoms with van der Waals surface area (Å²) in [7, 11) is 1.89. The van der Waals surface area contributed by atoms with Crippen molar-refractivity contribution in [1.29, 1.82) is 0 Å². The molecule has 8 heteroatoms. The Labute approximate surface area is 171 Å². The van der Waals surface area contributed by atoms with Crippen LogP contribution in [0.15, 0.2) is 20.9 Å². The molecular formula is C16H30IN5S2. The average Bonchev–Trinajstić information content (AvgIpc) is 3.24. The van der Waals surface area contributed by atoms with Gasteiger partial charge in [-0.05, 0) is 25.9 Å². The lowest BCUT2D eigenvalue weighted by Gasteiger charge is -2.27. The molecule has 0 aliphatic carbocycles. The lowest BCUT2D eigenvalue weighted by molar-refractivity contribution is 0.223. The largest absolute Gasteiger partial charge is 0.356 e. The Morgan fingerprint density at radius 1 is 1.50 bits per heavy atom. The van der Waals surface area contributed by atoms with Gasteiger partial charge in [-0.15, -0.1) is 35.3 Å². The van der Waals surface area contributed by atoms with Crippen LogP contribution in [-0.2, 0) is 0 Å². The zero-order valence-electron chi connectivity index (χ0n) is 14.9. The number of aromatic nitrogens is 1. The van der Waals surface area contributed by atoms with E-state index >= 15 is 0 Å². The number of thioether (sulfide) groups is 1. The highest BCUT2D eigenvalue weighted by Gasteiger charge is 2.27. The number of nitrogens with zero attached hydrogens (tertiary/aromatic N) is 4. The Morgan fingerprint density at radius 3 is 2.92 bits per heavy atom.